The Labute approximate surface area is 169 Å². The lowest BCUT2D eigenvalue weighted by molar-refractivity contribution is -0.124. The predicted molar refractivity (Wildman–Crippen MR) is 109 cm³/mol. The highest BCUT2D eigenvalue weighted by Gasteiger charge is 2.22. The quantitative estimate of drug-likeness (QED) is 0.651. The summed E-state index contributed by atoms with van der Waals surface area (Å²) in [6, 6.07) is 23.6. The molecule has 0 fully saturated rings. The van der Waals surface area contributed by atoms with Crippen LogP contribution >= 0.6 is 0 Å². The first-order valence-corrected chi connectivity index (χ1v) is 9.54. The first-order valence-electron chi connectivity index (χ1n) is 9.54. The molecule has 1 N–H and O–H groups in total. The van der Waals surface area contributed by atoms with Gasteiger partial charge < -0.3 is 14.8 Å². The monoisotopic (exact) mass is 387 g/mol. The highest BCUT2D eigenvalue weighted by Crippen LogP contribution is 2.31. The normalized spacial score (nSPS) is 15.0. The number of amides is 1. The van der Waals surface area contributed by atoms with Crippen LogP contribution in [0.3, 0.4) is 0 Å². The van der Waals surface area contributed by atoms with Gasteiger partial charge in [-0.3, -0.25) is 9.59 Å². The molecule has 0 saturated carbocycles. The number of ketones is 1. The van der Waals surface area contributed by atoms with Crippen molar-refractivity contribution in [1.82, 2.24) is 5.32 Å². The van der Waals surface area contributed by atoms with Gasteiger partial charge >= 0.3 is 0 Å². The van der Waals surface area contributed by atoms with Crippen LogP contribution in [-0.4, -0.2) is 24.9 Å². The maximum Gasteiger partial charge on any atom is 0.258 e. The van der Waals surface area contributed by atoms with Crippen molar-refractivity contribution in [2.45, 2.75) is 12.5 Å². The average molecular weight is 387 g/mol. The highest BCUT2D eigenvalue weighted by atomic mass is 16.5. The molecule has 1 aliphatic rings. The lowest BCUT2D eigenvalue weighted by atomic mass is 10.0. The molecular weight excluding hydrogens is 366 g/mol. The summed E-state index contributed by atoms with van der Waals surface area (Å²) in [5.74, 6) is 1.10. The van der Waals surface area contributed by atoms with E-state index in [9.17, 15) is 9.59 Å². The minimum absolute atomic E-state index is 0.0481. The molecule has 0 aliphatic carbocycles. The molecule has 1 aliphatic heterocycles. The van der Waals surface area contributed by atoms with Gasteiger partial charge in [-0.15, -0.1) is 0 Å². The molecular formula is C24H21NO4. The number of carbonyl (C=O) groups excluding carboxylic acids is 2. The summed E-state index contributed by atoms with van der Waals surface area (Å²) in [7, 11) is 0. The van der Waals surface area contributed by atoms with E-state index < -0.39 is 0 Å². The van der Waals surface area contributed by atoms with Crippen LogP contribution in [0.4, 0.5) is 0 Å². The van der Waals surface area contributed by atoms with E-state index in [1.165, 1.54) is 0 Å². The second-order valence-corrected chi connectivity index (χ2v) is 6.80. The third-order valence-corrected chi connectivity index (χ3v) is 4.82. The molecule has 29 heavy (non-hydrogen) atoms. The number of rotatable bonds is 6. The molecule has 1 heterocycles. The van der Waals surface area contributed by atoms with E-state index in [-0.39, 0.29) is 24.3 Å². The summed E-state index contributed by atoms with van der Waals surface area (Å²) < 4.78 is 11.2. The number of hydrogen-bond donors (Lipinski definition) is 1. The highest BCUT2D eigenvalue weighted by molar-refractivity contribution is 6.08. The largest absolute Gasteiger partial charge is 0.493 e. The van der Waals surface area contributed by atoms with Crippen molar-refractivity contribution in [2.24, 2.45) is 0 Å². The Morgan fingerprint density at radius 2 is 1.59 bits per heavy atom. The van der Waals surface area contributed by atoms with Gasteiger partial charge in [0.25, 0.3) is 5.91 Å². The first kappa shape index (κ1) is 18.7. The lowest BCUT2D eigenvalue weighted by Gasteiger charge is -2.26. The topological polar surface area (TPSA) is 64.6 Å². The van der Waals surface area contributed by atoms with Crippen molar-refractivity contribution in [3.05, 3.63) is 95.6 Å². The summed E-state index contributed by atoms with van der Waals surface area (Å²) in [6.07, 6.45) is 0.721. The molecule has 1 unspecified atom stereocenters. The summed E-state index contributed by atoms with van der Waals surface area (Å²) in [6.45, 7) is 0.477. The molecule has 5 heteroatoms. The second kappa shape index (κ2) is 8.61. The molecule has 0 aromatic heterocycles. The smallest absolute Gasteiger partial charge is 0.258 e. The molecule has 0 saturated heterocycles. The van der Waals surface area contributed by atoms with Crippen LogP contribution < -0.4 is 14.8 Å². The van der Waals surface area contributed by atoms with Gasteiger partial charge in [0.15, 0.2) is 12.4 Å². The Morgan fingerprint density at radius 1 is 0.897 bits per heavy atom. The van der Waals surface area contributed by atoms with Crippen LogP contribution in [0.25, 0.3) is 0 Å². The second-order valence-electron chi connectivity index (χ2n) is 6.80. The summed E-state index contributed by atoms with van der Waals surface area (Å²) >= 11 is 0. The van der Waals surface area contributed by atoms with Crippen molar-refractivity contribution < 1.29 is 19.1 Å². The Morgan fingerprint density at radius 3 is 2.38 bits per heavy atom. The molecule has 0 bridgehead atoms. The molecule has 4 rings (SSSR count). The van der Waals surface area contributed by atoms with Crippen LogP contribution in [0.15, 0.2) is 78.9 Å². The third-order valence-electron chi connectivity index (χ3n) is 4.82. The van der Waals surface area contributed by atoms with Crippen molar-refractivity contribution in [2.75, 3.05) is 13.2 Å². The van der Waals surface area contributed by atoms with Gasteiger partial charge in [-0.1, -0.05) is 48.5 Å². The Balaban J connectivity index is 1.33. The molecule has 3 aromatic rings. The van der Waals surface area contributed by atoms with Crippen LogP contribution in [0, 0.1) is 0 Å². The lowest BCUT2D eigenvalue weighted by Crippen LogP contribution is -2.35. The van der Waals surface area contributed by atoms with Crippen molar-refractivity contribution >= 4 is 11.7 Å². The Kier molecular flexibility index (Phi) is 5.56. The summed E-state index contributed by atoms with van der Waals surface area (Å²) in [5, 5.41) is 3.00. The van der Waals surface area contributed by atoms with Gasteiger partial charge in [0, 0.05) is 23.1 Å². The fourth-order valence-corrected chi connectivity index (χ4v) is 3.34. The molecule has 146 valence electrons. The predicted octanol–water partition coefficient (Wildman–Crippen LogP) is 3.94. The molecule has 3 aromatic carbocycles. The van der Waals surface area contributed by atoms with Gasteiger partial charge in [-0.2, -0.15) is 0 Å². The van der Waals surface area contributed by atoms with E-state index in [1.54, 1.807) is 36.4 Å². The maximum absolute atomic E-state index is 12.4. The van der Waals surface area contributed by atoms with Crippen molar-refractivity contribution in [3.8, 4) is 11.5 Å². The standard InChI is InChI=1S/C24H21NO4/c26-23(25-21-14-15-28-22-9-5-4-8-20(21)22)16-29-19-12-10-18(11-13-19)24(27)17-6-2-1-3-7-17/h1-13,21H,14-16H2,(H,25,26). The fourth-order valence-electron chi connectivity index (χ4n) is 3.34. The fraction of sp³-hybridized carbons (Fsp3) is 0.167. The van der Waals surface area contributed by atoms with E-state index in [0.717, 1.165) is 17.7 Å². The summed E-state index contributed by atoms with van der Waals surface area (Å²) in [4.78, 5) is 24.8. The van der Waals surface area contributed by atoms with Crippen molar-refractivity contribution in [3.63, 3.8) is 0 Å². The maximum atomic E-state index is 12.4. The zero-order valence-corrected chi connectivity index (χ0v) is 15.8. The van der Waals surface area contributed by atoms with Crippen LogP contribution in [0.1, 0.15) is 33.9 Å². The number of para-hydroxylation sites is 1. The number of carbonyl (C=O) groups is 2. The first-order chi connectivity index (χ1) is 14.2. The number of hydrogen-bond acceptors (Lipinski definition) is 4. The Bertz CT molecular complexity index is 999. The SMILES string of the molecule is O=C(COc1ccc(C(=O)c2ccccc2)cc1)NC1CCOc2ccccc21. The van der Waals surface area contributed by atoms with E-state index in [1.807, 2.05) is 42.5 Å². The molecule has 0 spiro atoms. The van der Waals surface area contributed by atoms with E-state index in [0.29, 0.717) is 23.5 Å². The number of nitrogens with one attached hydrogen (secondary N) is 1. The number of benzene rings is 3. The molecule has 0 radical (unpaired) electrons. The number of ether oxygens (including phenoxy) is 2. The zero-order valence-electron chi connectivity index (χ0n) is 15.8. The number of fused-ring (bicyclic) bond motifs is 1. The molecule has 5 nitrogen and oxygen atoms in total. The van der Waals surface area contributed by atoms with Crippen LogP contribution in [-0.2, 0) is 4.79 Å². The zero-order chi connectivity index (χ0) is 20.1. The minimum atomic E-state index is -0.198. The van der Waals surface area contributed by atoms with E-state index >= 15 is 0 Å². The van der Waals surface area contributed by atoms with Gasteiger partial charge in [0.2, 0.25) is 0 Å². The Hall–Kier alpha value is -3.60. The van der Waals surface area contributed by atoms with Gasteiger partial charge in [-0.25, -0.2) is 0 Å². The van der Waals surface area contributed by atoms with Gasteiger partial charge in [0.05, 0.1) is 12.6 Å². The average Bonchev–Trinajstić information content (AvgIpc) is 2.78. The van der Waals surface area contributed by atoms with Crippen molar-refractivity contribution in [1.29, 1.82) is 0 Å². The van der Waals surface area contributed by atoms with Gasteiger partial charge in [-0.05, 0) is 30.3 Å². The molecule has 1 amide bonds. The third kappa shape index (κ3) is 4.46. The van der Waals surface area contributed by atoms with E-state index in [2.05, 4.69) is 5.32 Å². The minimum Gasteiger partial charge on any atom is -0.493 e. The van der Waals surface area contributed by atoms with E-state index in [4.69, 9.17) is 9.47 Å². The molecule has 1 atom stereocenters. The van der Waals surface area contributed by atoms with Crippen LogP contribution in [0.5, 0.6) is 11.5 Å². The van der Waals surface area contributed by atoms with Crippen LogP contribution in [0.2, 0.25) is 0 Å². The van der Waals surface area contributed by atoms with Gasteiger partial charge in [0.1, 0.15) is 11.5 Å². The summed E-state index contributed by atoms with van der Waals surface area (Å²) in [5.41, 5.74) is 2.19.